The molecule has 1 fully saturated rings. The molecule has 0 saturated carbocycles. The van der Waals surface area contributed by atoms with Crippen molar-refractivity contribution in [2.75, 3.05) is 6.54 Å². The minimum absolute atomic E-state index is 0.0437. The van der Waals surface area contributed by atoms with Crippen LogP contribution in [0.4, 0.5) is 0 Å². The van der Waals surface area contributed by atoms with Crippen molar-refractivity contribution in [3.8, 4) is 0 Å². The van der Waals surface area contributed by atoms with Crippen molar-refractivity contribution in [3.05, 3.63) is 35.4 Å². The number of nitrogens with two attached hydrogens (primary N) is 1. The van der Waals surface area contributed by atoms with Crippen LogP contribution in [-0.4, -0.2) is 34.5 Å². The van der Waals surface area contributed by atoms with Gasteiger partial charge in [0.15, 0.2) is 0 Å². The second-order valence-corrected chi connectivity index (χ2v) is 5.24. The Morgan fingerprint density at radius 3 is 2.75 bits per heavy atom. The molecule has 0 bridgehead atoms. The average molecular weight is 276 g/mol. The molecule has 1 saturated heterocycles. The fourth-order valence-corrected chi connectivity index (χ4v) is 2.82. The summed E-state index contributed by atoms with van der Waals surface area (Å²) >= 11 is 0. The topological polar surface area (TPSA) is 83.6 Å². The monoisotopic (exact) mass is 276 g/mol. The van der Waals surface area contributed by atoms with Crippen molar-refractivity contribution in [1.82, 2.24) is 4.90 Å². The van der Waals surface area contributed by atoms with Crippen LogP contribution in [0.3, 0.4) is 0 Å². The number of likely N-dealkylation sites (tertiary alicyclic amines) is 1. The van der Waals surface area contributed by atoms with Crippen LogP contribution in [0, 0.1) is 0 Å². The van der Waals surface area contributed by atoms with Crippen LogP contribution in [0.5, 0.6) is 0 Å². The largest absolute Gasteiger partial charge is 0.481 e. The van der Waals surface area contributed by atoms with Crippen molar-refractivity contribution in [1.29, 1.82) is 0 Å². The van der Waals surface area contributed by atoms with Crippen LogP contribution in [0.1, 0.15) is 41.6 Å². The normalized spacial score (nSPS) is 19.7. The first-order valence-electron chi connectivity index (χ1n) is 6.91. The van der Waals surface area contributed by atoms with E-state index < -0.39 is 11.9 Å². The summed E-state index contributed by atoms with van der Waals surface area (Å²) in [6.07, 6.45) is 3.17. The van der Waals surface area contributed by atoms with E-state index in [9.17, 15) is 9.59 Å². The van der Waals surface area contributed by atoms with Crippen LogP contribution in [0.15, 0.2) is 24.3 Å². The van der Waals surface area contributed by atoms with Gasteiger partial charge in [-0.2, -0.15) is 0 Å². The predicted molar refractivity (Wildman–Crippen MR) is 75.3 cm³/mol. The van der Waals surface area contributed by atoms with Crippen LogP contribution < -0.4 is 5.73 Å². The molecule has 1 heterocycles. The number of hydrogen-bond acceptors (Lipinski definition) is 3. The smallest absolute Gasteiger partial charge is 0.304 e. The highest BCUT2D eigenvalue weighted by Gasteiger charge is 2.25. The summed E-state index contributed by atoms with van der Waals surface area (Å²) in [7, 11) is 0. The minimum atomic E-state index is -0.773. The maximum absolute atomic E-state index is 11.4. The van der Waals surface area contributed by atoms with Crippen molar-refractivity contribution in [3.63, 3.8) is 0 Å². The number of primary amides is 1. The molecule has 0 radical (unpaired) electrons. The first-order valence-corrected chi connectivity index (χ1v) is 6.91. The van der Waals surface area contributed by atoms with E-state index in [0.717, 1.165) is 31.4 Å². The van der Waals surface area contributed by atoms with Crippen molar-refractivity contribution >= 4 is 11.9 Å². The summed E-state index contributed by atoms with van der Waals surface area (Å²) in [5, 5.41) is 8.99. The standard InChI is InChI=1S/C15H20N2O3/c16-15(20)13-7-2-1-5-11(13)10-17-8-4-3-6-12(17)9-14(18)19/h1-2,5,7,12H,3-4,6,8-10H2,(H2,16,20)(H,18,19). The summed E-state index contributed by atoms with van der Waals surface area (Å²) in [5.74, 6) is -1.21. The number of amides is 1. The van der Waals surface area contributed by atoms with E-state index in [0.29, 0.717) is 12.1 Å². The lowest BCUT2D eigenvalue weighted by Gasteiger charge is -2.35. The van der Waals surface area contributed by atoms with E-state index in [1.54, 1.807) is 12.1 Å². The highest BCUT2D eigenvalue weighted by Crippen LogP contribution is 2.23. The SMILES string of the molecule is NC(=O)c1ccccc1CN1CCCCC1CC(=O)O. The van der Waals surface area contributed by atoms with E-state index in [1.165, 1.54) is 0 Å². The molecule has 1 atom stereocenters. The van der Waals surface area contributed by atoms with E-state index in [1.807, 2.05) is 12.1 Å². The molecule has 1 aromatic carbocycles. The van der Waals surface area contributed by atoms with Crippen molar-refractivity contribution < 1.29 is 14.7 Å². The number of carboxylic acid groups (broad SMARTS) is 1. The summed E-state index contributed by atoms with van der Waals surface area (Å²) < 4.78 is 0. The number of benzene rings is 1. The first kappa shape index (κ1) is 14.5. The molecule has 5 heteroatoms. The third-order valence-corrected chi connectivity index (χ3v) is 3.82. The van der Waals surface area contributed by atoms with Gasteiger partial charge in [-0.05, 0) is 31.0 Å². The Kier molecular flexibility index (Phi) is 4.74. The van der Waals surface area contributed by atoms with Crippen molar-refractivity contribution in [2.24, 2.45) is 5.73 Å². The number of hydrogen-bond donors (Lipinski definition) is 2. The first-order chi connectivity index (χ1) is 9.58. The Bertz CT molecular complexity index is 502. The zero-order chi connectivity index (χ0) is 14.5. The number of carbonyl (C=O) groups excluding carboxylic acids is 1. The maximum Gasteiger partial charge on any atom is 0.304 e. The molecule has 3 N–H and O–H groups in total. The molecule has 20 heavy (non-hydrogen) atoms. The van der Waals surface area contributed by atoms with Gasteiger partial charge in [0.05, 0.1) is 6.42 Å². The van der Waals surface area contributed by atoms with E-state index >= 15 is 0 Å². The van der Waals surface area contributed by atoms with Crippen LogP contribution in [0.25, 0.3) is 0 Å². The quantitative estimate of drug-likeness (QED) is 0.856. The fourth-order valence-electron chi connectivity index (χ4n) is 2.82. The predicted octanol–water partition coefficient (Wildman–Crippen LogP) is 1.61. The molecule has 2 rings (SSSR count). The van der Waals surface area contributed by atoms with Gasteiger partial charge in [0.1, 0.15) is 0 Å². The molecule has 0 aliphatic carbocycles. The van der Waals surface area contributed by atoms with Crippen LogP contribution in [0.2, 0.25) is 0 Å². The maximum atomic E-state index is 11.4. The number of piperidine rings is 1. The second-order valence-electron chi connectivity index (χ2n) is 5.24. The molecule has 1 amide bonds. The Labute approximate surface area is 118 Å². The molecular weight excluding hydrogens is 256 g/mol. The molecule has 0 aromatic heterocycles. The summed E-state index contributed by atoms with van der Waals surface area (Å²) in [6, 6.07) is 7.30. The lowest BCUT2D eigenvalue weighted by molar-refractivity contribution is -0.138. The van der Waals surface area contributed by atoms with Gasteiger partial charge in [0.2, 0.25) is 5.91 Å². The molecule has 1 aliphatic heterocycles. The van der Waals surface area contributed by atoms with Crippen molar-refractivity contribution in [2.45, 2.75) is 38.3 Å². The lowest BCUT2D eigenvalue weighted by atomic mass is 9.97. The highest BCUT2D eigenvalue weighted by atomic mass is 16.4. The van der Waals surface area contributed by atoms with Gasteiger partial charge in [-0.25, -0.2) is 0 Å². The minimum Gasteiger partial charge on any atom is -0.481 e. The van der Waals surface area contributed by atoms with Gasteiger partial charge in [0, 0.05) is 18.2 Å². The molecule has 1 aliphatic rings. The molecular formula is C15H20N2O3. The number of rotatable bonds is 5. The zero-order valence-corrected chi connectivity index (χ0v) is 11.4. The Morgan fingerprint density at radius 2 is 2.05 bits per heavy atom. The van der Waals surface area contributed by atoms with E-state index in [-0.39, 0.29) is 12.5 Å². The zero-order valence-electron chi connectivity index (χ0n) is 11.4. The lowest BCUT2D eigenvalue weighted by Crippen LogP contribution is -2.40. The average Bonchev–Trinajstić information content (AvgIpc) is 2.41. The van der Waals surface area contributed by atoms with Gasteiger partial charge in [-0.1, -0.05) is 24.6 Å². The van der Waals surface area contributed by atoms with E-state index in [2.05, 4.69) is 4.90 Å². The molecule has 0 spiro atoms. The molecule has 1 unspecified atom stereocenters. The number of aliphatic carboxylic acids is 1. The molecule has 5 nitrogen and oxygen atoms in total. The molecule has 1 aromatic rings. The van der Waals surface area contributed by atoms with Gasteiger partial charge in [-0.3, -0.25) is 14.5 Å². The van der Waals surface area contributed by atoms with Gasteiger partial charge >= 0.3 is 5.97 Å². The Morgan fingerprint density at radius 1 is 1.30 bits per heavy atom. The Hall–Kier alpha value is -1.88. The van der Waals surface area contributed by atoms with Gasteiger partial charge in [0.25, 0.3) is 0 Å². The van der Waals surface area contributed by atoms with Crippen LogP contribution >= 0.6 is 0 Å². The summed E-state index contributed by atoms with van der Waals surface area (Å²) in [6.45, 7) is 1.45. The molecule has 108 valence electrons. The number of carboxylic acids is 1. The van der Waals surface area contributed by atoms with Gasteiger partial charge in [-0.15, -0.1) is 0 Å². The van der Waals surface area contributed by atoms with E-state index in [4.69, 9.17) is 10.8 Å². The fraction of sp³-hybridized carbons (Fsp3) is 0.467. The Balaban J connectivity index is 2.14. The summed E-state index contributed by atoms with van der Waals surface area (Å²) in [5.41, 5.74) is 6.78. The second kappa shape index (κ2) is 6.52. The number of nitrogens with zero attached hydrogens (tertiary/aromatic N) is 1. The third-order valence-electron chi connectivity index (χ3n) is 3.82. The van der Waals surface area contributed by atoms with Gasteiger partial charge < -0.3 is 10.8 Å². The number of carbonyl (C=O) groups is 2. The third kappa shape index (κ3) is 3.57. The van der Waals surface area contributed by atoms with Crippen LogP contribution in [-0.2, 0) is 11.3 Å². The highest BCUT2D eigenvalue weighted by molar-refractivity contribution is 5.94. The summed E-state index contributed by atoms with van der Waals surface area (Å²) in [4.78, 5) is 24.5.